The van der Waals surface area contributed by atoms with Crippen LogP contribution >= 0.6 is 15.9 Å². The van der Waals surface area contributed by atoms with Crippen LogP contribution in [0.1, 0.15) is 25.3 Å². The monoisotopic (exact) mass is 271 g/mol. The molecule has 1 unspecified atom stereocenters. The average molecular weight is 272 g/mol. The van der Waals surface area contributed by atoms with Crippen molar-refractivity contribution in [2.75, 3.05) is 11.9 Å². The van der Waals surface area contributed by atoms with Gasteiger partial charge in [0.05, 0.1) is 0 Å². The van der Waals surface area contributed by atoms with Gasteiger partial charge in [0.1, 0.15) is 5.82 Å². The van der Waals surface area contributed by atoms with E-state index >= 15 is 0 Å². The third-order valence-corrected chi connectivity index (χ3v) is 3.15. The molecule has 1 atom stereocenters. The molecule has 1 aromatic rings. The summed E-state index contributed by atoms with van der Waals surface area (Å²) in [4.78, 5) is 4.30. The van der Waals surface area contributed by atoms with Crippen molar-refractivity contribution in [2.24, 2.45) is 5.73 Å². The number of aromatic nitrogens is 1. The van der Waals surface area contributed by atoms with Crippen molar-refractivity contribution in [1.82, 2.24) is 4.98 Å². The van der Waals surface area contributed by atoms with E-state index in [-0.39, 0.29) is 0 Å². The maximum Gasteiger partial charge on any atom is 0.126 e. The Morgan fingerprint density at radius 3 is 2.87 bits per heavy atom. The van der Waals surface area contributed by atoms with E-state index in [0.29, 0.717) is 12.6 Å². The van der Waals surface area contributed by atoms with Crippen molar-refractivity contribution in [3.8, 4) is 0 Å². The molecule has 84 valence electrons. The lowest BCUT2D eigenvalue weighted by atomic mass is 10.1. The minimum absolute atomic E-state index is 0.322. The van der Waals surface area contributed by atoms with Gasteiger partial charge in [-0.05, 0) is 40.9 Å². The molecule has 1 rings (SSSR count). The number of nitrogens with one attached hydrogen (secondary N) is 1. The zero-order valence-corrected chi connectivity index (χ0v) is 10.8. The van der Waals surface area contributed by atoms with Gasteiger partial charge in [0, 0.05) is 23.3 Å². The number of halogens is 1. The van der Waals surface area contributed by atoms with Crippen LogP contribution in [0.5, 0.6) is 0 Å². The third-order valence-electron chi connectivity index (χ3n) is 2.32. The van der Waals surface area contributed by atoms with Crippen molar-refractivity contribution in [3.05, 3.63) is 22.3 Å². The second-order valence-corrected chi connectivity index (χ2v) is 4.54. The molecule has 15 heavy (non-hydrogen) atoms. The first-order valence-corrected chi connectivity index (χ1v) is 6.05. The highest BCUT2D eigenvalue weighted by Gasteiger charge is 2.06. The number of rotatable bonds is 5. The van der Waals surface area contributed by atoms with Gasteiger partial charge in [-0.1, -0.05) is 13.3 Å². The maximum atomic E-state index is 5.68. The van der Waals surface area contributed by atoms with E-state index in [0.717, 1.165) is 23.1 Å². The SMILES string of the molecule is CCCC(CN)Nc1cc(C)c(Br)cn1. The van der Waals surface area contributed by atoms with Gasteiger partial charge < -0.3 is 11.1 Å². The number of anilines is 1. The van der Waals surface area contributed by atoms with Gasteiger partial charge in [-0.3, -0.25) is 0 Å². The zero-order valence-electron chi connectivity index (χ0n) is 9.26. The van der Waals surface area contributed by atoms with Crippen LogP contribution < -0.4 is 11.1 Å². The normalized spacial score (nSPS) is 12.5. The Kier molecular flexibility index (Phi) is 5.05. The van der Waals surface area contributed by atoms with E-state index in [4.69, 9.17) is 5.73 Å². The number of aryl methyl sites for hydroxylation is 1. The summed E-state index contributed by atoms with van der Waals surface area (Å²) in [6.07, 6.45) is 4.02. The fourth-order valence-electron chi connectivity index (χ4n) is 1.42. The quantitative estimate of drug-likeness (QED) is 0.866. The maximum absolute atomic E-state index is 5.68. The molecule has 0 bridgehead atoms. The van der Waals surface area contributed by atoms with Gasteiger partial charge in [0.25, 0.3) is 0 Å². The van der Waals surface area contributed by atoms with Crippen LogP contribution in [0, 0.1) is 6.92 Å². The fraction of sp³-hybridized carbons (Fsp3) is 0.545. The summed E-state index contributed by atoms with van der Waals surface area (Å²) in [5, 5.41) is 3.34. The largest absolute Gasteiger partial charge is 0.366 e. The van der Waals surface area contributed by atoms with Gasteiger partial charge in [0.15, 0.2) is 0 Å². The standard InChI is InChI=1S/C11H18BrN3/c1-3-4-9(6-13)15-11-5-8(2)10(12)7-14-11/h5,7,9H,3-4,6,13H2,1-2H3,(H,14,15). The molecule has 4 heteroatoms. The summed E-state index contributed by atoms with van der Waals surface area (Å²) in [6, 6.07) is 2.35. The molecule has 0 radical (unpaired) electrons. The molecule has 3 N–H and O–H groups in total. The van der Waals surface area contributed by atoms with E-state index in [1.807, 2.05) is 19.2 Å². The minimum atomic E-state index is 0.322. The number of hydrogen-bond donors (Lipinski definition) is 2. The summed E-state index contributed by atoms with van der Waals surface area (Å²) in [5.74, 6) is 0.902. The first kappa shape index (κ1) is 12.5. The molecule has 0 aliphatic heterocycles. The second kappa shape index (κ2) is 6.08. The predicted octanol–water partition coefficient (Wildman–Crippen LogP) is 2.69. The molecule has 0 fully saturated rings. The molecule has 0 saturated carbocycles. The van der Waals surface area contributed by atoms with Gasteiger partial charge in [-0.2, -0.15) is 0 Å². The van der Waals surface area contributed by atoms with E-state index in [1.165, 1.54) is 5.56 Å². The van der Waals surface area contributed by atoms with Crippen molar-refractivity contribution >= 4 is 21.7 Å². The lowest BCUT2D eigenvalue weighted by Crippen LogP contribution is -2.28. The summed E-state index contributed by atoms with van der Waals surface area (Å²) >= 11 is 3.43. The van der Waals surface area contributed by atoms with E-state index < -0.39 is 0 Å². The van der Waals surface area contributed by atoms with Crippen molar-refractivity contribution in [1.29, 1.82) is 0 Å². The van der Waals surface area contributed by atoms with E-state index in [2.05, 4.69) is 33.2 Å². The molecule has 0 aliphatic carbocycles. The summed E-state index contributed by atoms with van der Waals surface area (Å²) < 4.78 is 1.04. The van der Waals surface area contributed by atoms with Crippen LogP contribution in [0.2, 0.25) is 0 Å². The molecule has 1 heterocycles. The Morgan fingerprint density at radius 1 is 1.60 bits per heavy atom. The van der Waals surface area contributed by atoms with Crippen LogP contribution in [0.3, 0.4) is 0 Å². The highest BCUT2D eigenvalue weighted by atomic mass is 79.9. The Morgan fingerprint density at radius 2 is 2.33 bits per heavy atom. The topological polar surface area (TPSA) is 50.9 Å². The Bertz CT molecular complexity index is 315. The molecule has 0 aromatic carbocycles. The van der Waals surface area contributed by atoms with Crippen LogP contribution in [0.25, 0.3) is 0 Å². The summed E-state index contributed by atoms with van der Waals surface area (Å²) in [5.41, 5.74) is 6.86. The number of nitrogens with zero attached hydrogens (tertiary/aromatic N) is 1. The van der Waals surface area contributed by atoms with Crippen molar-refractivity contribution in [3.63, 3.8) is 0 Å². The van der Waals surface area contributed by atoms with Crippen LogP contribution in [0.4, 0.5) is 5.82 Å². The van der Waals surface area contributed by atoms with Gasteiger partial charge in [-0.25, -0.2) is 4.98 Å². The molecule has 0 amide bonds. The van der Waals surface area contributed by atoms with Crippen molar-refractivity contribution < 1.29 is 0 Å². The smallest absolute Gasteiger partial charge is 0.126 e. The zero-order chi connectivity index (χ0) is 11.3. The number of hydrogen-bond acceptors (Lipinski definition) is 3. The van der Waals surface area contributed by atoms with E-state index in [9.17, 15) is 0 Å². The van der Waals surface area contributed by atoms with Crippen LogP contribution in [-0.2, 0) is 0 Å². The molecule has 0 aliphatic rings. The Labute approximate surface area is 99.6 Å². The van der Waals surface area contributed by atoms with Crippen LogP contribution in [-0.4, -0.2) is 17.6 Å². The third kappa shape index (κ3) is 3.80. The molecule has 0 spiro atoms. The van der Waals surface area contributed by atoms with E-state index in [1.54, 1.807) is 0 Å². The predicted molar refractivity (Wildman–Crippen MR) is 68.0 cm³/mol. The lowest BCUT2D eigenvalue weighted by molar-refractivity contribution is 0.646. The molecule has 1 aromatic heterocycles. The Balaban J connectivity index is 2.66. The number of nitrogens with two attached hydrogens (primary N) is 1. The van der Waals surface area contributed by atoms with Gasteiger partial charge in [0.2, 0.25) is 0 Å². The van der Waals surface area contributed by atoms with Gasteiger partial charge in [-0.15, -0.1) is 0 Å². The molecule has 3 nitrogen and oxygen atoms in total. The lowest BCUT2D eigenvalue weighted by Gasteiger charge is -2.16. The highest BCUT2D eigenvalue weighted by Crippen LogP contribution is 2.18. The summed E-state index contributed by atoms with van der Waals surface area (Å²) in [6.45, 7) is 4.85. The first-order chi connectivity index (χ1) is 7.17. The van der Waals surface area contributed by atoms with Gasteiger partial charge >= 0.3 is 0 Å². The van der Waals surface area contributed by atoms with Crippen molar-refractivity contribution in [2.45, 2.75) is 32.7 Å². The molecular formula is C11H18BrN3. The Hall–Kier alpha value is -0.610. The molecular weight excluding hydrogens is 254 g/mol. The molecule has 0 saturated heterocycles. The number of pyridine rings is 1. The summed E-state index contributed by atoms with van der Waals surface area (Å²) in [7, 11) is 0. The minimum Gasteiger partial charge on any atom is -0.366 e. The highest BCUT2D eigenvalue weighted by molar-refractivity contribution is 9.10. The first-order valence-electron chi connectivity index (χ1n) is 5.26. The second-order valence-electron chi connectivity index (χ2n) is 3.68. The van der Waals surface area contributed by atoms with Crippen LogP contribution in [0.15, 0.2) is 16.7 Å². The fourth-order valence-corrected chi connectivity index (χ4v) is 1.64. The average Bonchev–Trinajstić information content (AvgIpc) is 2.23.